The van der Waals surface area contributed by atoms with E-state index in [0.29, 0.717) is 24.6 Å². The largest absolute Gasteiger partial charge is 0.340 e. The maximum absolute atomic E-state index is 12.9. The molecule has 1 aromatic carbocycles. The van der Waals surface area contributed by atoms with Gasteiger partial charge >= 0.3 is 0 Å². The van der Waals surface area contributed by atoms with Crippen molar-refractivity contribution < 1.29 is 18.1 Å². The van der Waals surface area contributed by atoms with Crippen LogP contribution in [-0.4, -0.2) is 67.7 Å². The third kappa shape index (κ3) is 3.83. The Morgan fingerprint density at radius 2 is 1.89 bits per heavy atom. The second-order valence-corrected chi connectivity index (χ2v) is 9.05. The van der Waals surface area contributed by atoms with E-state index in [1.54, 1.807) is 11.8 Å². The van der Waals surface area contributed by atoms with Gasteiger partial charge in [-0.2, -0.15) is 4.31 Å². The molecule has 0 bridgehead atoms. The number of hydrogen-bond donors (Lipinski definition) is 1. The first-order valence-corrected chi connectivity index (χ1v) is 10.4. The molecule has 27 heavy (non-hydrogen) atoms. The Hall–Kier alpha value is -2.04. The summed E-state index contributed by atoms with van der Waals surface area (Å²) < 4.78 is 27.2. The Labute approximate surface area is 158 Å². The predicted octanol–water partition coefficient (Wildman–Crippen LogP) is 0.592. The van der Waals surface area contributed by atoms with Crippen LogP contribution < -0.4 is 5.32 Å². The molecule has 2 aliphatic heterocycles. The average molecular weight is 396 g/mol. The second kappa shape index (κ2) is 7.53. The van der Waals surface area contributed by atoms with Gasteiger partial charge in [0.2, 0.25) is 15.9 Å². The molecule has 1 N–H and O–H groups in total. The molecule has 0 saturated carbocycles. The zero-order chi connectivity index (χ0) is 19.8. The fourth-order valence-electron chi connectivity index (χ4n) is 3.42. The minimum Gasteiger partial charge on any atom is -0.340 e. The van der Waals surface area contributed by atoms with Crippen molar-refractivity contribution in [1.29, 1.82) is 0 Å². The fourth-order valence-corrected chi connectivity index (χ4v) is 5.09. The maximum Gasteiger partial charge on any atom is 0.270 e. The average Bonchev–Trinajstić information content (AvgIpc) is 2.59. The first-order chi connectivity index (χ1) is 12.7. The van der Waals surface area contributed by atoms with Crippen LogP contribution in [0.1, 0.15) is 12.5 Å². The molecule has 0 aliphatic carbocycles. The molecular weight excluding hydrogens is 372 g/mol. The second-order valence-electron chi connectivity index (χ2n) is 7.14. The standard InChI is InChI=1S/C17H24N4O5S/c1-12-3-4-15(21(23)24)9-16(12)27(25,26)20-7-5-19(6-8-20)17(22)13(2)14-10-18-11-14/h3-4,9,13-14,18H,5-8,10-11H2,1-2H3. The van der Waals surface area contributed by atoms with E-state index in [-0.39, 0.29) is 35.5 Å². The quantitative estimate of drug-likeness (QED) is 0.576. The highest BCUT2D eigenvalue weighted by Crippen LogP contribution is 2.26. The summed E-state index contributed by atoms with van der Waals surface area (Å²) in [6, 6.07) is 3.84. The molecule has 0 aromatic heterocycles. The van der Waals surface area contributed by atoms with Crippen LogP contribution in [0.5, 0.6) is 0 Å². The van der Waals surface area contributed by atoms with Gasteiger partial charge in [-0.15, -0.1) is 0 Å². The summed E-state index contributed by atoms with van der Waals surface area (Å²) in [5.41, 5.74) is 0.209. The molecule has 2 heterocycles. The Bertz CT molecular complexity index is 845. The summed E-state index contributed by atoms with van der Waals surface area (Å²) in [5, 5.41) is 14.1. The number of nitrogens with zero attached hydrogens (tertiary/aromatic N) is 3. The van der Waals surface area contributed by atoms with E-state index in [4.69, 9.17) is 0 Å². The van der Waals surface area contributed by atoms with Gasteiger partial charge in [0.05, 0.1) is 9.82 Å². The van der Waals surface area contributed by atoms with Gasteiger partial charge in [-0.05, 0) is 31.5 Å². The summed E-state index contributed by atoms with van der Waals surface area (Å²) in [6.07, 6.45) is 0. The predicted molar refractivity (Wildman–Crippen MR) is 98.7 cm³/mol. The first kappa shape index (κ1) is 19.7. The van der Waals surface area contributed by atoms with Gasteiger partial charge < -0.3 is 10.2 Å². The van der Waals surface area contributed by atoms with E-state index in [0.717, 1.165) is 19.2 Å². The van der Waals surface area contributed by atoms with Gasteiger partial charge in [0.25, 0.3) is 5.69 Å². The van der Waals surface area contributed by atoms with Gasteiger partial charge in [0.1, 0.15) is 0 Å². The van der Waals surface area contributed by atoms with Crippen molar-refractivity contribution in [2.75, 3.05) is 39.3 Å². The highest BCUT2D eigenvalue weighted by atomic mass is 32.2. The molecule has 1 unspecified atom stereocenters. The Morgan fingerprint density at radius 1 is 1.26 bits per heavy atom. The zero-order valence-corrected chi connectivity index (χ0v) is 16.2. The van der Waals surface area contributed by atoms with Crippen LogP contribution in [0, 0.1) is 28.9 Å². The van der Waals surface area contributed by atoms with Crippen LogP contribution in [0.2, 0.25) is 0 Å². The lowest BCUT2D eigenvalue weighted by Gasteiger charge is -2.38. The normalized spacial score (nSPS) is 20.1. The van der Waals surface area contributed by atoms with Crippen molar-refractivity contribution in [3.63, 3.8) is 0 Å². The monoisotopic (exact) mass is 396 g/mol. The Morgan fingerprint density at radius 3 is 2.41 bits per heavy atom. The van der Waals surface area contributed by atoms with Crippen LogP contribution in [0.4, 0.5) is 5.69 Å². The minimum absolute atomic E-state index is 0.0506. The summed E-state index contributed by atoms with van der Waals surface area (Å²) in [7, 11) is -3.85. The molecule has 0 radical (unpaired) electrons. The molecule has 2 fully saturated rings. The number of carbonyl (C=O) groups is 1. The topological polar surface area (TPSA) is 113 Å². The van der Waals surface area contributed by atoms with Gasteiger partial charge in [-0.1, -0.05) is 13.0 Å². The number of aryl methyl sites for hydroxylation is 1. The summed E-state index contributed by atoms with van der Waals surface area (Å²) >= 11 is 0. The molecule has 0 spiro atoms. The Balaban J connectivity index is 1.70. The number of amides is 1. The lowest BCUT2D eigenvalue weighted by atomic mass is 9.88. The van der Waals surface area contributed by atoms with E-state index >= 15 is 0 Å². The highest BCUT2D eigenvalue weighted by molar-refractivity contribution is 7.89. The molecule has 1 atom stereocenters. The molecular formula is C17H24N4O5S. The van der Waals surface area contributed by atoms with Crippen molar-refractivity contribution in [2.24, 2.45) is 11.8 Å². The number of piperazine rings is 1. The van der Waals surface area contributed by atoms with E-state index in [2.05, 4.69) is 5.32 Å². The van der Waals surface area contributed by atoms with E-state index in [1.807, 2.05) is 6.92 Å². The Kier molecular flexibility index (Phi) is 5.50. The number of nitro groups is 1. The van der Waals surface area contributed by atoms with Crippen molar-refractivity contribution >= 4 is 21.6 Å². The van der Waals surface area contributed by atoms with Gasteiger partial charge in [-0.25, -0.2) is 8.42 Å². The van der Waals surface area contributed by atoms with Crippen molar-refractivity contribution in [1.82, 2.24) is 14.5 Å². The van der Waals surface area contributed by atoms with Crippen molar-refractivity contribution in [3.8, 4) is 0 Å². The van der Waals surface area contributed by atoms with E-state index in [9.17, 15) is 23.3 Å². The van der Waals surface area contributed by atoms with Gasteiger partial charge in [0, 0.05) is 44.2 Å². The number of nitrogens with one attached hydrogen (secondary N) is 1. The number of hydrogen-bond acceptors (Lipinski definition) is 6. The first-order valence-electron chi connectivity index (χ1n) is 8.96. The number of non-ortho nitro benzene ring substituents is 1. The van der Waals surface area contributed by atoms with Crippen LogP contribution in [0.25, 0.3) is 0 Å². The number of rotatable bonds is 5. The highest BCUT2D eigenvalue weighted by Gasteiger charge is 2.36. The molecule has 10 heteroatoms. The summed E-state index contributed by atoms with van der Waals surface area (Å²) in [5.74, 6) is 0.324. The van der Waals surface area contributed by atoms with Crippen LogP contribution in [0.15, 0.2) is 23.1 Å². The zero-order valence-electron chi connectivity index (χ0n) is 15.4. The van der Waals surface area contributed by atoms with E-state index in [1.165, 1.54) is 16.4 Å². The van der Waals surface area contributed by atoms with Crippen LogP contribution >= 0.6 is 0 Å². The summed E-state index contributed by atoms with van der Waals surface area (Å²) in [4.78, 5) is 24.6. The lowest BCUT2D eigenvalue weighted by Crippen LogP contribution is -2.55. The van der Waals surface area contributed by atoms with E-state index < -0.39 is 14.9 Å². The number of sulfonamides is 1. The molecule has 148 valence electrons. The third-order valence-electron chi connectivity index (χ3n) is 5.46. The smallest absolute Gasteiger partial charge is 0.270 e. The molecule has 1 aromatic rings. The van der Waals surface area contributed by atoms with Crippen LogP contribution in [-0.2, 0) is 14.8 Å². The van der Waals surface area contributed by atoms with Gasteiger partial charge in [0.15, 0.2) is 0 Å². The number of carbonyl (C=O) groups excluding carboxylic acids is 1. The maximum atomic E-state index is 12.9. The van der Waals surface area contributed by atoms with Gasteiger partial charge in [-0.3, -0.25) is 14.9 Å². The van der Waals surface area contributed by atoms with Crippen molar-refractivity contribution in [3.05, 3.63) is 33.9 Å². The molecule has 1 amide bonds. The molecule has 3 rings (SSSR count). The third-order valence-corrected chi connectivity index (χ3v) is 7.50. The minimum atomic E-state index is -3.85. The molecule has 2 saturated heterocycles. The summed E-state index contributed by atoms with van der Waals surface area (Å²) in [6.45, 7) is 6.25. The number of nitro benzene ring substituents is 1. The van der Waals surface area contributed by atoms with Crippen LogP contribution in [0.3, 0.4) is 0 Å². The SMILES string of the molecule is Cc1ccc([N+](=O)[O-])cc1S(=O)(=O)N1CCN(C(=O)C(C)C2CNC2)CC1. The molecule has 2 aliphatic rings. The lowest BCUT2D eigenvalue weighted by molar-refractivity contribution is -0.385. The number of benzene rings is 1. The van der Waals surface area contributed by atoms with Crippen molar-refractivity contribution in [2.45, 2.75) is 18.7 Å². The molecule has 9 nitrogen and oxygen atoms in total. The fraction of sp³-hybridized carbons (Fsp3) is 0.588.